The van der Waals surface area contributed by atoms with Crippen LogP contribution in [0.25, 0.3) is 0 Å². The molecule has 0 aromatic heterocycles. The van der Waals surface area contributed by atoms with E-state index in [1.165, 1.54) is 18.4 Å². The van der Waals surface area contributed by atoms with Crippen LogP contribution in [0.4, 0.5) is 0 Å². The third-order valence-electron chi connectivity index (χ3n) is 4.67. The van der Waals surface area contributed by atoms with Crippen molar-refractivity contribution in [1.82, 2.24) is 4.90 Å². The predicted octanol–water partition coefficient (Wildman–Crippen LogP) is 3.17. The Kier molecular flexibility index (Phi) is 4.06. The third kappa shape index (κ3) is 2.59. The molecule has 3 rings (SSSR count). The summed E-state index contributed by atoms with van der Waals surface area (Å²) in [4.78, 5) is 14.7. The largest absolute Gasteiger partial charge is 0.370 e. The van der Waals surface area contributed by atoms with Crippen LogP contribution in [0.1, 0.15) is 44.3 Å². The molecular weight excluding hydrogens is 250 g/mol. The summed E-state index contributed by atoms with van der Waals surface area (Å²) in [5.74, 6) is 0.603. The van der Waals surface area contributed by atoms with Crippen LogP contribution in [0.5, 0.6) is 0 Å². The van der Waals surface area contributed by atoms with E-state index < -0.39 is 0 Å². The van der Waals surface area contributed by atoms with E-state index in [1.807, 2.05) is 18.2 Å². The van der Waals surface area contributed by atoms with Crippen LogP contribution in [0, 0.1) is 5.92 Å². The zero-order valence-corrected chi connectivity index (χ0v) is 12.1. The molecule has 20 heavy (non-hydrogen) atoms. The Morgan fingerprint density at radius 2 is 1.90 bits per heavy atom. The zero-order valence-electron chi connectivity index (χ0n) is 12.1. The molecule has 1 aliphatic heterocycles. The summed E-state index contributed by atoms with van der Waals surface area (Å²) in [5, 5.41) is 0. The van der Waals surface area contributed by atoms with Crippen molar-refractivity contribution in [2.45, 2.75) is 44.8 Å². The maximum absolute atomic E-state index is 12.7. The highest BCUT2D eigenvalue weighted by atomic mass is 16.5. The normalized spacial score (nSPS) is 27.8. The number of ether oxygens (including phenoxy) is 1. The highest BCUT2D eigenvalue weighted by Gasteiger charge is 2.36. The highest BCUT2D eigenvalue weighted by molar-refractivity contribution is 5.79. The van der Waals surface area contributed by atoms with Crippen molar-refractivity contribution in [3.8, 4) is 0 Å². The van der Waals surface area contributed by atoms with Crippen LogP contribution >= 0.6 is 0 Å². The smallest absolute Gasteiger partial charge is 0.226 e. The topological polar surface area (TPSA) is 29.5 Å². The van der Waals surface area contributed by atoms with Gasteiger partial charge in [-0.2, -0.15) is 0 Å². The van der Waals surface area contributed by atoms with Gasteiger partial charge in [0.05, 0.1) is 12.6 Å². The van der Waals surface area contributed by atoms with Gasteiger partial charge in [-0.3, -0.25) is 4.79 Å². The molecule has 3 nitrogen and oxygen atoms in total. The molecule has 2 unspecified atom stereocenters. The molecule has 108 valence electrons. The zero-order chi connectivity index (χ0) is 13.9. The van der Waals surface area contributed by atoms with Crippen molar-refractivity contribution in [2.24, 2.45) is 5.92 Å². The van der Waals surface area contributed by atoms with Gasteiger partial charge in [0, 0.05) is 12.5 Å². The van der Waals surface area contributed by atoms with E-state index in [2.05, 4.69) is 24.0 Å². The third-order valence-corrected chi connectivity index (χ3v) is 4.67. The van der Waals surface area contributed by atoms with Gasteiger partial charge < -0.3 is 9.64 Å². The van der Waals surface area contributed by atoms with Gasteiger partial charge in [0.1, 0.15) is 6.10 Å². The first kappa shape index (κ1) is 13.6. The van der Waals surface area contributed by atoms with Gasteiger partial charge in [-0.1, -0.05) is 43.2 Å². The molecule has 1 heterocycles. The summed E-state index contributed by atoms with van der Waals surface area (Å²) in [6.45, 7) is 3.49. The fourth-order valence-electron chi connectivity index (χ4n) is 3.52. The fraction of sp³-hybridized carbons (Fsp3) is 0.588. The predicted molar refractivity (Wildman–Crippen MR) is 78.3 cm³/mol. The van der Waals surface area contributed by atoms with Gasteiger partial charge in [-0.15, -0.1) is 0 Å². The van der Waals surface area contributed by atoms with Crippen molar-refractivity contribution in [1.29, 1.82) is 0 Å². The first-order valence-electron chi connectivity index (χ1n) is 7.74. The van der Waals surface area contributed by atoms with Crippen molar-refractivity contribution in [2.75, 3.05) is 13.2 Å². The molecule has 2 fully saturated rings. The lowest BCUT2D eigenvalue weighted by molar-refractivity contribution is -0.149. The number of nitrogens with zero attached hydrogens (tertiary/aromatic N) is 1. The maximum Gasteiger partial charge on any atom is 0.226 e. The Bertz CT molecular complexity index is 453. The van der Waals surface area contributed by atoms with Crippen LogP contribution < -0.4 is 0 Å². The van der Waals surface area contributed by atoms with Crippen LogP contribution in [0.3, 0.4) is 0 Å². The lowest BCUT2D eigenvalue weighted by Crippen LogP contribution is -2.50. The quantitative estimate of drug-likeness (QED) is 0.828. The number of hydrogen-bond donors (Lipinski definition) is 0. The molecule has 0 radical (unpaired) electrons. The number of benzene rings is 1. The molecule has 2 aliphatic rings. The van der Waals surface area contributed by atoms with Crippen molar-refractivity contribution >= 4 is 5.91 Å². The minimum atomic E-state index is 0.00954. The SMILES string of the molecule is CC1C(c2ccccc2)OCCN1C(=O)C1CCCC1. The monoisotopic (exact) mass is 273 g/mol. The molecule has 1 aromatic carbocycles. The summed E-state index contributed by atoms with van der Waals surface area (Å²) in [6.07, 6.45) is 4.56. The summed E-state index contributed by atoms with van der Waals surface area (Å²) in [5.41, 5.74) is 1.17. The Labute approximate surface area is 120 Å². The van der Waals surface area contributed by atoms with E-state index in [4.69, 9.17) is 4.74 Å². The molecule has 1 amide bonds. The first-order chi connectivity index (χ1) is 9.77. The van der Waals surface area contributed by atoms with E-state index in [9.17, 15) is 4.79 Å². The highest BCUT2D eigenvalue weighted by Crippen LogP contribution is 2.32. The Balaban J connectivity index is 1.74. The Morgan fingerprint density at radius 1 is 1.20 bits per heavy atom. The van der Waals surface area contributed by atoms with E-state index in [0.717, 1.165) is 19.4 Å². The van der Waals surface area contributed by atoms with E-state index in [0.29, 0.717) is 12.5 Å². The summed E-state index contributed by atoms with van der Waals surface area (Å²) >= 11 is 0. The van der Waals surface area contributed by atoms with Crippen molar-refractivity contribution < 1.29 is 9.53 Å². The molecule has 0 spiro atoms. The molecule has 2 atom stereocenters. The number of hydrogen-bond acceptors (Lipinski definition) is 2. The molecule has 0 N–H and O–H groups in total. The fourth-order valence-corrected chi connectivity index (χ4v) is 3.52. The lowest BCUT2D eigenvalue weighted by atomic mass is 9.98. The average Bonchev–Trinajstić information content (AvgIpc) is 3.02. The first-order valence-corrected chi connectivity index (χ1v) is 7.74. The van der Waals surface area contributed by atoms with E-state index in [-0.39, 0.29) is 18.1 Å². The number of morpholine rings is 1. The number of carbonyl (C=O) groups excluding carboxylic acids is 1. The van der Waals surface area contributed by atoms with Crippen LogP contribution in [0.2, 0.25) is 0 Å². The standard InChI is InChI=1S/C17H23NO2/c1-13-16(14-7-3-2-4-8-14)20-12-11-18(13)17(19)15-9-5-6-10-15/h2-4,7-8,13,15-16H,5-6,9-12H2,1H3. The Hall–Kier alpha value is -1.35. The summed E-state index contributed by atoms with van der Waals surface area (Å²) < 4.78 is 5.93. The number of amides is 1. The van der Waals surface area contributed by atoms with Gasteiger partial charge in [-0.25, -0.2) is 0 Å². The van der Waals surface area contributed by atoms with E-state index >= 15 is 0 Å². The second-order valence-electron chi connectivity index (χ2n) is 5.96. The van der Waals surface area contributed by atoms with Gasteiger partial charge >= 0.3 is 0 Å². The molecule has 1 aliphatic carbocycles. The molecule has 1 saturated heterocycles. The molecule has 0 bridgehead atoms. The van der Waals surface area contributed by atoms with Crippen LogP contribution in [0.15, 0.2) is 30.3 Å². The average molecular weight is 273 g/mol. The van der Waals surface area contributed by atoms with E-state index in [1.54, 1.807) is 0 Å². The minimum Gasteiger partial charge on any atom is -0.370 e. The maximum atomic E-state index is 12.7. The van der Waals surface area contributed by atoms with Crippen LogP contribution in [-0.4, -0.2) is 30.0 Å². The molecule has 1 saturated carbocycles. The van der Waals surface area contributed by atoms with Gasteiger partial charge in [0.25, 0.3) is 0 Å². The van der Waals surface area contributed by atoms with Crippen LogP contribution in [-0.2, 0) is 9.53 Å². The van der Waals surface area contributed by atoms with Gasteiger partial charge in [0.15, 0.2) is 0 Å². The number of carbonyl (C=O) groups is 1. The lowest BCUT2D eigenvalue weighted by Gasteiger charge is -2.40. The molecule has 3 heteroatoms. The van der Waals surface area contributed by atoms with Crippen molar-refractivity contribution in [3.05, 3.63) is 35.9 Å². The van der Waals surface area contributed by atoms with Gasteiger partial charge in [0.2, 0.25) is 5.91 Å². The second-order valence-corrected chi connectivity index (χ2v) is 5.96. The molecular formula is C17H23NO2. The van der Waals surface area contributed by atoms with Gasteiger partial charge in [-0.05, 0) is 25.3 Å². The molecule has 1 aromatic rings. The minimum absolute atomic E-state index is 0.00954. The summed E-state index contributed by atoms with van der Waals surface area (Å²) in [6, 6.07) is 10.4. The second kappa shape index (κ2) is 5.96. The Morgan fingerprint density at radius 3 is 2.60 bits per heavy atom. The van der Waals surface area contributed by atoms with Crippen molar-refractivity contribution in [3.63, 3.8) is 0 Å². The summed E-state index contributed by atoms with van der Waals surface area (Å²) in [7, 11) is 0. The number of rotatable bonds is 2.